The Hall–Kier alpha value is -0.780. The van der Waals surface area contributed by atoms with Gasteiger partial charge in [0.2, 0.25) is 0 Å². The Morgan fingerprint density at radius 1 is 1.33 bits per heavy atom. The van der Waals surface area contributed by atoms with Gasteiger partial charge in [-0.15, -0.1) is 0 Å². The molecule has 0 amide bonds. The lowest BCUT2D eigenvalue weighted by Gasteiger charge is -2.22. The largest absolute Gasteiger partial charge is 0.465 e. The molecule has 0 aromatic heterocycles. The number of carbonyl (C=O) groups excluding carboxylic acids is 1. The fourth-order valence-electron chi connectivity index (χ4n) is 1.47. The fourth-order valence-corrected chi connectivity index (χ4v) is 1.47. The first-order valence-corrected chi connectivity index (χ1v) is 4.90. The van der Waals surface area contributed by atoms with E-state index in [-0.39, 0.29) is 12.5 Å². The van der Waals surface area contributed by atoms with Gasteiger partial charge in [0.15, 0.2) is 0 Å². The third kappa shape index (κ3) is 5.61. The van der Waals surface area contributed by atoms with E-state index in [4.69, 9.17) is 0 Å². The van der Waals surface area contributed by atoms with Crippen molar-refractivity contribution in [2.24, 2.45) is 5.92 Å². The van der Waals surface area contributed by atoms with Gasteiger partial charge in [-0.05, 0) is 31.8 Å². The zero-order chi connectivity index (χ0) is 11.3. The third-order valence-corrected chi connectivity index (χ3v) is 2.28. The Bertz CT molecular complexity index is 212. The summed E-state index contributed by atoms with van der Waals surface area (Å²) in [5, 5.41) is 3.12. The molecule has 0 unspecified atom stereocenters. The van der Waals surface area contributed by atoms with Crippen LogP contribution >= 0.6 is 0 Å². The van der Waals surface area contributed by atoms with E-state index >= 15 is 0 Å². The van der Waals surface area contributed by atoms with Crippen LogP contribution in [-0.2, 0) is 9.53 Å². The minimum Gasteiger partial charge on any atom is -0.465 e. The van der Waals surface area contributed by atoms with Crippen LogP contribution in [0, 0.1) is 5.92 Å². The van der Waals surface area contributed by atoms with E-state index in [0.29, 0.717) is 0 Å². The lowest BCUT2D eigenvalue weighted by Crippen LogP contribution is -2.31. The molecule has 0 aromatic rings. The standard InChI is InChI=1S/C9H14F3NO2/c10-9(11,12)5-8(14)15-6-7-1-3-13-4-2-7/h7,13H,1-6H2. The monoisotopic (exact) mass is 225 g/mol. The topological polar surface area (TPSA) is 38.3 Å². The number of piperidine rings is 1. The van der Waals surface area contributed by atoms with E-state index in [1.54, 1.807) is 0 Å². The van der Waals surface area contributed by atoms with Crippen LogP contribution in [0.3, 0.4) is 0 Å². The van der Waals surface area contributed by atoms with Crippen molar-refractivity contribution >= 4 is 5.97 Å². The SMILES string of the molecule is O=C(CC(F)(F)F)OCC1CCNCC1. The maximum atomic E-state index is 11.8. The number of halogens is 3. The van der Waals surface area contributed by atoms with Crippen molar-refractivity contribution in [1.29, 1.82) is 0 Å². The second kappa shape index (κ2) is 5.34. The average molecular weight is 225 g/mol. The summed E-state index contributed by atoms with van der Waals surface area (Å²) >= 11 is 0. The minimum absolute atomic E-state index is 0.108. The van der Waals surface area contributed by atoms with Crippen LogP contribution in [0.25, 0.3) is 0 Å². The smallest absolute Gasteiger partial charge is 0.399 e. The molecule has 1 N–H and O–H groups in total. The lowest BCUT2D eigenvalue weighted by molar-refractivity contribution is -0.172. The summed E-state index contributed by atoms with van der Waals surface area (Å²) in [7, 11) is 0. The number of ether oxygens (including phenoxy) is 1. The van der Waals surface area contributed by atoms with E-state index in [0.717, 1.165) is 25.9 Å². The molecule has 1 fully saturated rings. The number of hydrogen-bond donors (Lipinski definition) is 1. The maximum absolute atomic E-state index is 11.8. The molecule has 0 saturated carbocycles. The van der Waals surface area contributed by atoms with Gasteiger partial charge < -0.3 is 10.1 Å². The highest BCUT2D eigenvalue weighted by atomic mass is 19.4. The van der Waals surface area contributed by atoms with Crippen LogP contribution in [0.2, 0.25) is 0 Å². The summed E-state index contributed by atoms with van der Waals surface area (Å²) < 4.78 is 39.9. The van der Waals surface area contributed by atoms with Crippen molar-refractivity contribution in [3.8, 4) is 0 Å². The fraction of sp³-hybridized carbons (Fsp3) is 0.889. The van der Waals surface area contributed by atoms with Gasteiger partial charge in [-0.25, -0.2) is 0 Å². The summed E-state index contributed by atoms with van der Waals surface area (Å²) in [5.41, 5.74) is 0. The molecule has 1 aliphatic rings. The molecule has 0 aliphatic carbocycles. The Labute approximate surface area is 86.0 Å². The number of hydrogen-bond acceptors (Lipinski definition) is 3. The number of carbonyl (C=O) groups is 1. The Morgan fingerprint density at radius 2 is 1.93 bits per heavy atom. The van der Waals surface area contributed by atoms with Crippen LogP contribution < -0.4 is 5.32 Å². The second-order valence-electron chi connectivity index (χ2n) is 3.67. The molecule has 6 heteroatoms. The first-order chi connectivity index (χ1) is 6.97. The predicted molar refractivity (Wildman–Crippen MR) is 47.2 cm³/mol. The van der Waals surface area contributed by atoms with Crippen molar-refractivity contribution in [3.63, 3.8) is 0 Å². The molecule has 0 bridgehead atoms. The number of nitrogens with one attached hydrogen (secondary N) is 1. The Kier molecular flexibility index (Phi) is 4.38. The molecule has 0 atom stereocenters. The van der Waals surface area contributed by atoms with Gasteiger partial charge in [0, 0.05) is 0 Å². The van der Waals surface area contributed by atoms with Crippen LogP contribution in [0.5, 0.6) is 0 Å². The van der Waals surface area contributed by atoms with E-state index in [1.807, 2.05) is 0 Å². The highest BCUT2D eigenvalue weighted by molar-refractivity contribution is 5.70. The van der Waals surface area contributed by atoms with E-state index in [9.17, 15) is 18.0 Å². The first kappa shape index (κ1) is 12.3. The van der Waals surface area contributed by atoms with Crippen molar-refractivity contribution in [2.75, 3.05) is 19.7 Å². The van der Waals surface area contributed by atoms with E-state index in [1.165, 1.54) is 0 Å². The lowest BCUT2D eigenvalue weighted by atomic mass is 9.99. The van der Waals surface area contributed by atoms with Crippen LogP contribution in [-0.4, -0.2) is 31.8 Å². The molecule has 15 heavy (non-hydrogen) atoms. The van der Waals surface area contributed by atoms with Gasteiger partial charge >= 0.3 is 12.1 Å². The van der Waals surface area contributed by atoms with Crippen molar-refractivity contribution < 1.29 is 22.7 Å². The first-order valence-electron chi connectivity index (χ1n) is 4.90. The summed E-state index contributed by atoms with van der Waals surface area (Å²) in [6.45, 7) is 1.78. The summed E-state index contributed by atoms with van der Waals surface area (Å²) in [6.07, 6.45) is -4.26. The van der Waals surface area contributed by atoms with Gasteiger partial charge in [0.25, 0.3) is 0 Å². The molecule has 1 saturated heterocycles. The van der Waals surface area contributed by atoms with Gasteiger partial charge in [-0.2, -0.15) is 13.2 Å². The van der Waals surface area contributed by atoms with E-state index in [2.05, 4.69) is 10.1 Å². The third-order valence-electron chi connectivity index (χ3n) is 2.28. The second-order valence-corrected chi connectivity index (χ2v) is 3.67. The molecule has 0 aromatic carbocycles. The summed E-state index contributed by atoms with van der Waals surface area (Å²) in [5.74, 6) is -0.982. The van der Waals surface area contributed by atoms with Crippen LogP contribution in [0.4, 0.5) is 13.2 Å². The molecule has 3 nitrogen and oxygen atoms in total. The van der Waals surface area contributed by atoms with Gasteiger partial charge in [0.05, 0.1) is 6.61 Å². The molecule has 0 spiro atoms. The predicted octanol–water partition coefficient (Wildman–Crippen LogP) is 1.48. The van der Waals surface area contributed by atoms with Crippen molar-refractivity contribution in [2.45, 2.75) is 25.4 Å². The normalized spacial score (nSPS) is 18.9. The molecule has 88 valence electrons. The van der Waals surface area contributed by atoms with Crippen molar-refractivity contribution in [1.82, 2.24) is 5.32 Å². The maximum Gasteiger partial charge on any atom is 0.399 e. The minimum atomic E-state index is -4.47. The molecule has 0 radical (unpaired) electrons. The summed E-state index contributed by atoms with van der Waals surface area (Å²) in [6, 6.07) is 0. The van der Waals surface area contributed by atoms with Crippen molar-refractivity contribution in [3.05, 3.63) is 0 Å². The molecular weight excluding hydrogens is 211 g/mol. The van der Waals surface area contributed by atoms with E-state index < -0.39 is 18.6 Å². The Balaban J connectivity index is 2.15. The highest BCUT2D eigenvalue weighted by Gasteiger charge is 2.32. The molecular formula is C9H14F3NO2. The quantitative estimate of drug-likeness (QED) is 0.739. The number of alkyl halides is 3. The van der Waals surface area contributed by atoms with Gasteiger partial charge in [-0.3, -0.25) is 4.79 Å². The van der Waals surface area contributed by atoms with Crippen LogP contribution in [0.15, 0.2) is 0 Å². The molecule has 1 aliphatic heterocycles. The Morgan fingerprint density at radius 3 is 2.47 bits per heavy atom. The molecule has 1 heterocycles. The highest BCUT2D eigenvalue weighted by Crippen LogP contribution is 2.20. The van der Waals surface area contributed by atoms with Gasteiger partial charge in [-0.1, -0.05) is 0 Å². The molecule has 1 rings (SSSR count). The zero-order valence-corrected chi connectivity index (χ0v) is 8.27. The summed E-state index contributed by atoms with van der Waals surface area (Å²) in [4.78, 5) is 10.7. The zero-order valence-electron chi connectivity index (χ0n) is 8.27. The average Bonchev–Trinajstić information content (AvgIpc) is 2.14. The van der Waals surface area contributed by atoms with Crippen LogP contribution in [0.1, 0.15) is 19.3 Å². The number of esters is 1. The number of rotatable bonds is 3. The van der Waals surface area contributed by atoms with Gasteiger partial charge in [0.1, 0.15) is 6.42 Å².